The Morgan fingerprint density at radius 3 is 2.62 bits per heavy atom. The van der Waals surface area contributed by atoms with Crippen molar-refractivity contribution in [3.63, 3.8) is 0 Å². The fourth-order valence-corrected chi connectivity index (χ4v) is 3.50. The third-order valence-electron chi connectivity index (χ3n) is 4.77. The summed E-state index contributed by atoms with van der Waals surface area (Å²) in [5, 5.41) is 5.44. The lowest BCUT2D eigenvalue weighted by Gasteiger charge is -2.41. The molecule has 1 fully saturated rings. The number of nitrogens with two attached hydrogens (primary N) is 1. The zero-order valence-corrected chi connectivity index (χ0v) is 14.1. The lowest BCUT2D eigenvalue weighted by Crippen LogP contribution is -2.54. The van der Waals surface area contributed by atoms with Crippen LogP contribution in [-0.4, -0.2) is 39.8 Å². The van der Waals surface area contributed by atoms with E-state index in [-0.39, 0.29) is 6.03 Å². The van der Waals surface area contributed by atoms with E-state index in [9.17, 15) is 13.6 Å². The summed E-state index contributed by atoms with van der Waals surface area (Å²) in [6, 6.07) is 4.44. The number of urea groups is 1. The molecule has 26 heavy (non-hydrogen) atoms. The van der Waals surface area contributed by atoms with Crippen molar-refractivity contribution in [3.05, 3.63) is 53.9 Å². The van der Waals surface area contributed by atoms with Gasteiger partial charge in [0.05, 0.1) is 6.04 Å². The van der Waals surface area contributed by atoms with Gasteiger partial charge in [-0.05, 0) is 23.8 Å². The first-order chi connectivity index (χ1) is 12.5. The summed E-state index contributed by atoms with van der Waals surface area (Å²) in [6.07, 6.45) is 5.82. The second-order valence-corrected chi connectivity index (χ2v) is 6.79. The average molecular weight is 359 g/mol. The highest BCUT2D eigenvalue weighted by Gasteiger charge is 2.38. The van der Waals surface area contributed by atoms with Crippen molar-refractivity contribution in [2.45, 2.75) is 19.0 Å². The number of benzene rings is 1. The molecule has 1 aromatic carbocycles. The Morgan fingerprint density at radius 1 is 1.23 bits per heavy atom. The highest BCUT2D eigenvalue weighted by atomic mass is 19.1. The van der Waals surface area contributed by atoms with Crippen molar-refractivity contribution in [1.29, 1.82) is 0 Å². The minimum absolute atomic E-state index is 0.239. The first-order valence-corrected chi connectivity index (χ1v) is 8.47. The van der Waals surface area contributed by atoms with E-state index < -0.39 is 17.7 Å². The van der Waals surface area contributed by atoms with Crippen LogP contribution in [0.25, 0.3) is 0 Å². The first-order valence-electron chi connectivity index (χ1n) is 8.47. The molecular weight excluding hydrogens is 340 g/mol. The van der Waals surface area contributed by atoms with Crippen molar-refractivity contribution < 1.29 is 13.6 Å². The van der Waals surface area contributed by atoms with Crippen molar-refractivity contribution in [2.75, 3.05) is 18.8 Å². The van der Waals surface area contributed by atoms with Crippen molar-refractivity contribution in [1.82, 2.24) is 14.5 Å². The molecule has 0 unspecified atom stereocenters. The van der Waals surface area contributed by atoms with Gasteiger partial charge >= 0.3 is 6.03 Å². The Morgan fingerprint density at radius 2 is 1.96 bits per heavy atom. The monoisotopic (exact) mass is 359 g/mol. The fourth-order valence-electron chi connectivity index (χ4n) is 3.50. The number of aromatic nitrogens is 1. The molecule has 0 spiro atoms. The van der Waals surface area contributed by atoms with E-state index in [1.54, 1.807) is 11.1 Å². The van der Waals surface area contributed by atoms with Crippen molar-refractivity contribution >= 4 is 17.9 Å². The molecule has 2 amide bonds. The molecule has 4 rings (SSSR count). The first kappa shape index (κ1) is 16.6. The van der Waals surface area contributed by atoms with E-state index >= 15 is 0 Å². The summed E-state index contributed by atoms with van der Waals surface area (Å²) < 4.78 is 29.0. The number of carbonyl (C=O) groups is 1. The van der Waals surface area contributed by atoms with Crippen LogP contribution in [0.1, 0.15) is 18.0 Å². The summed E-state index contributed by atoms with van der Waals surface area (Å²) in [6.45, 7) is 2.03. The number of anilines is 1. The number of hydrogen-bond acceptors (Lipinski definition) is 3. The minimum atomic E-state index is -0.658. The maximum Gasteiger partial charge on any atom is 0.341 e. The number of hydrogen-bond donors (Lipinski definition) is 1. The molecule has 0 aliphatic carbocycles. The third-order valence-corrected chi connectivity index (χ3v) is 4.77. The number of halogens is 2. The van der Waals surface area contributed by atoms with Crippen LogP contribution in [-0.2, 0) is 6.54 Å². The van der Waals surface area contributed by atoms with Crippen LogP contribution in [0, 0.1) is 17.6 Å². The van der Waals surface area contributed by atoms with Gasteiger partial charge in [0, 0.05) is 62.3 Å². The number of hydrazone groups is 1. The number of rotatable bonds is 3. The molecular formula is C18H19F2N5O. The van der Waals surface area contributed by atoms with E-state index in [1.807, 2.05) is 23.0 Å². The molecule has 1 aromatic heterocycles. The molecule has 6 nitrogen and oxygen atoms in total. The highest BCUT2D eigenvalue weighted by molar-refractivity contribution is 5.79. The van der Waals surface area contributed by atoms with Crippen molar-refractivity contribution in [2.24, 2.45) is 11.0 Å². The quantitative estimate of drug-likeness (QED) is 0.916. The highest BCUT2D eigenvalue weighted by Crippen LogP contribution is 2.32. The van der Waals surface area contributed by atoms with Crippen LogP contribution in [0.15, 0.2) is 41.8 Å². The Balaban J connectivity index is 1.39. The minimum Gasteiger partial charge on any atom is -0.398 e. The number of nitrogen functional groups attached to an aromatic ring is 1. The lowest BCUT2D eigenvalue weighted by molar-refractivity contribution is 0.0766. The maximum atomic E-state index is 13.5. The molecule has 1 atom stereocenters. The lowest BCUT2D eigenvalue weighted by atomic mass is 10.00. The van der Waals surface area contributed by atoms with Gasteiger partial charge < -0.3 is 15.2 Å². The summed E-state index contributed by atoms with van der Waals surface area (Å²) in [5.74, 6) is -0.967. The summed E-state index contributed by atoms with van der Waals surface area (Å²) in [7, 11) is 0. The van der Waals surface area contributed by atoms with Crippen LogP contribution in [0.5, 0.6) is 0 Å². The second kappa shape index (κ2) is 6.44. The van der Waals surface area contributed by atoms with Gasteiger partial charge in [-0.15, -0.1) is 0 Å². The van der Waals surface area contributed by atoms with E-state index in [0.717, 1.165) is 12.6 Å². The largest absolute Gasteiger partial charge is 0.398 e. The molecule has 8 heteroatoms. The van der Waals surface area contributed by atoms with E-state index in [4.69, 9.17) is 5.73 Å². The van der Waals surface area contributed by atoms with Gasteiger partial charge in [-0.1, -0.05) is 0 Å². The van der Waals surface area contributed by atoms with Crippen LogP contribution < -0.4 is 5.73 Å². The van der Waals surface area contributed by atoms with E-state index in [0.29, 0.717) is 36.7 Å². The Labute approximate surface area is 149 Å². The zero-order chi connectivity index (χ0) is 18.3. The molecule has 136 valence electrons. The predicted molar refractivity (Wildman–Crippen MR) is 93.4 cm³/mol. The molecule has 2 aromatic rings. The Bertz CT molecular complexity index is 839. The number of carbonyl (C=O) groups excluding carboxylic acids is 1. The molecule has 2 N–H and O–H groups in total. The van der Waals surface area contributed by atoms with Gasteiger partial charge in [0.15, 0.2) is 0 Å². The molecule has 3 heterocycles. The average Bonchev–Trinajstić information content (AvgIpc) is 3.18. The Hall–Kier alpha value is -2.90. The van der Waals surface area contributed by atoms with Crippen LogP contribution in [0.2, 0.25) is 0 Å². The molecule has 2 aliphatic rings. The van der Waals surface area contributed by atoms with Crippen LogP contribution in [0.4, 0.5) is 19.3 Å². The van der Waals surface area contributed by atoms with Gasteiger partial charge in [-0.3, -0.25) is 0 Å². The molecule has 0 saturated carbocycles. The SMILES string of the molecule is Nc1ccn(CC2CN(C(=O)N3N=CC[C@H]3c3cc(F)cc(F)c3)C2)c1. The topological polar surface area (TPSA) is 66.9 Å². The smallest absolute Gasteiger partial charge is 0.341 e. The molecule has 0 radical (unpaired) electrons. The van der Waals surface area contributed by atoms with Crippen LogP contribution in [0.3, 0.4) is 0 Å². The summed E-state index contributed by atoms with van der Waals surface area (Å²) in [5.41, 5.74) is 6.83. The van der Waals surface area contributed by atoms with Gasteiger partial charge in [0.25, 0.3) is 0 Å². The molecule has 0 bridgehead atoms. The van der Waals surface area contributed by atoms with Gasteiger partial charge in [-0.25, -0.2) is 18.6 Å². The number of nitrogens with zero attached hydrogens (tertiary/aromatic N) is 4. The summed E-state index contributed by atoms with van der Waals surface area (Å²) >= 11 is 0. The molecule has 2 aliphatic heterocycles. The van der Waals surface area contributed by atoms with Gasteiger partial charge in [0.2, 0.25) is 0 Å². The fraction of sp³-hybridized carbons (Fsp3) is 0.333. The van der Waals surface area contributed by atoms with E-state index in [2.05, 4.69) is 5.10 Å². The second-order valence-electron chi connectivity index (χ2n) is 6.79. The van der Waals surface area contributed by atoms with Gasteiger partial charge in [-0.2, -0.15) is 5.10 Å². The molecule has 1 saturated heterocycles. The van der Waals surface area contributed by atoms with Crippen molar-refractivity contribution in [3.8, 4) is 0 Å². The van der Waals surface area contributed by atoms with Crippen LogP contribution >= 0.6 is 0 Å². The van der Waals surface area contributed by atoms with Gasteiger partial charge in [0.1, 0.15) is 11.6 Å². The maximum absolute atomic E-state index is 13.5. The Kier molecular flexibility index (Phi) is 4.10. The third kappa shape index (κ3) is 3.14. The predicted octanol–water partition coefficient (Wildman–Crippen LogP) is 2.83. The number of amides is 2. The van der Waals surface area contributed by atoms with E-state index in [1.165, 1.54) is 17.1 Å². The summed E-state index contributed by atoms with van der Waals surface area (Å²) in [4.78, 5) is 14.4. The number of likely N-dealkylation sites (tertiary alicyclic amines) is 1. The standard InChI is InChI=1S/C18H19F2N5O/c19-14-5-13(6-15(20)7-14)17-1-3-22-25(17)18(26)24-9-12(10-24)8-23-4-2-16(21)11-23/h2-7,11-12,17H,1,8-10,21H2/t17-/m0/s1. The zero-order valence-electron chi connectivity index (χ0n) is 14.1. The normalized spacial score (nSPS) is 19.8.